The molecule has 21 heavy (non-hydrogen) atoms. The summed E-state index contributed by atoms with van der Waals surface area (Å²) in [6, 6.07) is 10.6. The molecule has 2 nitrogen and oxygen atoms in total. The lowest BCUT2D eigenvalue weighted by molar-refractivity contribution is 0.436. The van der Waals surface area contributed by atoms with Gasteiger partial charge in [0, 0.05) is 12.1 Å². The van der Waals surface area contributed by atoms with Gasteiger partial charge < -0.3 is 10.1 Å². The first-order chi connectivity index (χ1) is 10.1. The van der Waals surface area contributed by atoms with Crippen LogP contribution in [-0.2, 0) is 6.54 Å². The summed E-state index contributed by atoms with van der Waals surface area (Å²) in [6.07, 6.45) is 1.06. The van der Waals surface area contributed by atoms with Gasteiger partial charge in [0.2, 0.25) is 0 Å². The topological polar surface area (TPSA) is 21.3 Å². The van der Waals surface area contributed by atoms with E-state index in [0.717, 1.165) is 24.1 Å². The van der Waals surface area contributed by atoms with Gasteiger partial charge in [-0.2, -0.15) is 0 Å². The van der Waals surface area contributed by atoms with Gasteiger partial charge >= 0.3 is 0 Å². The smallest absolute Gasteiger partial charge is 0.184 e. The molecule has 0 bridgehead atoms. The van der Waals surface area contributed by atoms with Gasteiger partial charge in [0.05, 0.1) is 5.02 Å². The van der Waals surface area contributed by atoms with Crippen LogP contribution in [0, 0.1) is 12.7 Å². The predicted molar refractivity (Wildman–Crippen MR) is 84.7 cm³/mol. The zero-order valence-corrected chi connectivity index (χ0v) is 13.0. The molecule has 0 heterocycles. The molecule has 0 radical (unpaired) electrons. The zero-order valence-electron chi connectivity index (χ0n) is 12.2. The van der Waals surface area contributed by atoms with E-state index in [0.29, 0.717) is 12.3 Å². The maximum atomic E-state index is 13.9. The Hall–Kier alpha value is -1.58. The highest BCUT2D eigenvalue weighted by Gasteiger charge is 2.11. The molecule has 0 saturated heterocycles. The van der Waals surface area contributed by atoms with E-state index in [2.05, 4.69) is 12.2 Å². The van der Waals surface area contributed by atoms with E-state index in [1.54, 1.807) is 12.1 Å². The van der Waals surface area contributed by atoms with Crippen LogP contribution in [0.15, 0.2) is 36.4 Å². The van der Waals surface area contributed by atoms with Crippen LogP contribution in [0.25, 0.3) is 0 Å². The molecule has 0 amide bonds. The summed E-state index contributed by atoms with van der Waals surface area (Å²) < 4.78 is 19.6. The van der Waals surface area contributed by atoms with Crippen molar-refractivity contribution in [1.29, 1.82) is 0 Å². The molecule has 0 spiro atoms. The van der Waals surface area contributed by atoms with Gasteiger partial charge in [-0.25, -0.2) is 4.39 Å². The fourth-order valence-electron chi connectivity index (χ4n) is 2.03. The zero-order chi connectivity index (χ0) is 15.2. The molecule has 2 aromatic rings. The van der Waals surface area contributed by atoms with Gasteiger partial charge in [-0.05, 0) is 38.1 Å². The Morgan fingerprint density at radius 3 is 2.76 bits per heavy atom. The Morgan fingerprint density at radius 2 is 2.00 bits per heavy atom. The van der Waals surface area contributed by atoms with Crippen LogP contribution in [0.5, 0.6) is 11.5 Å². The molecule has 4 heteroatoms. The summed E-state index contributed by atoms with van der Waals surface area (Å²) in [5, 5.41) is 3.39. The number of ether oxygens (including phenoxy) is 1. The van der Waals surface area contributed by atoms with Gasteiger partial charge in [0.1, 0.15) is 5.75 Å². The Bertz CT molecular complexity index is 616. The van der Waals surface area contributed by atoms with Crippen LogP contribution in [0.2, 0.25) is 5.02 Å². The number of aryl methyl sites for hydroxylation is 1. The first-order valence-electron chi connectivity index (χ1n) is 7.04. The number of benzene rings is 2. The van der Waals surface area contributed by atoms with Crippen molar-refractivity contribution in [2.24, 2.45) is 0 Å². The fraction of sp³-hybridized carbons (Fsp3) is 0.294. The second kappa shape index (κ2) is 7.43. The lowest BCUT2D eigenvalue weighted by Gasteiger charge is -2.13. The summed E-state index contributed by atoms with van der Waals surface area (Å²) in [6.45, 7) is 5.75. The lowest BCUT2D eigenvalue weighted by Crippen LogP contribution is -2.14. The standard InChI is InChI=1S/C17H19ClFNO/c1-3-9-20-11-13-10-12(2)7-8-15(13)21-16-6-4-5-14(18)17(16)19/h4-8,10,20H,3,9,11H2,1-2H3. The van der Waals surface area contributed by atoms with Crippen LogP contribution in [-0.4, -0.2) is 6.54 Å². The van der Waals surface area contributed by atoms with Gasteiger partial charge in [-0.15, -0.1) is 0 Å². The van der Waals surface area contributed by atoms with Crippen molar-refractivity contribution >= 4 is 11.6 Å². The number of nitrogens with one attached hydrogen (secondary N) is 1. The number of halogens is 2. The molecule has 0 fully saturated rings. The van der Waals surface area contributed by atoms with Crippen molar-refractivity contribution in [1.82, 2.24) is 5.32 Å². The van der Waals surface area contributed by atoms with Crippen molar-refractivity contribution in [2.45, 2.75) is 26.8 Å². The SMILES string of the molecule is CCCNCc1cc(C)ccc1Oc1cccc(Cl)c1F. The second-order valence-electron chi connectivity index (χ2n) is 4.94. The van der Waals surface area contributed by atoms with Crippen LogP contribution < -0.4 is 10.1 Å². The van der Waals surface area contributed by atoms with E-state index in [1.165, 1.54) is 6.07 Å². The Morgan fingerprint density at radius 1 is 1.19 bits per heavy atom. The fourth-order valence-corrected chi connectivity index (χ4v) is 2.19. The second-order valence-corrected chi connectivity index (χ2v) is 5.35. The van der Waals surface area contributed by atoms with E-state index >= 15 is 0 Å². The lowest BCUT2D eigenvalue weighted by atomic mass is 10.1. The van der Waals surface area contributed by atoms with E-state index in [9.17, 15) is 4.39 Å². The maximum Gasteiger partial charge on any atom is 0.184 e. The van der Waals surface area contributed by atoms with E-state index < -0.39 is 5.82 Å². The van der Waals surface area contributed by atoms with Crippen molar-refractivity contribution in [2.75, 3.05) is 6.54 Å². The molecule has 112 valence electrons. The first kappa shape index (κ1) is 15.8. The number of hydrogen-bond acceptors (Lipinski definition) is 2. The normalized spacial score (nSPS) is 10.7. The minimum atomic E-state index is -0.535. The molecule has 2 rings (SSSR count). The Balaban J connectivity index is 2.24. The monoisotopic (exact) mass is 307 g/mol. The maximum absolute atomic E-state index is 13.9. The third kappa shape index (κ3) is 4.19. The minimum Gasteiger partial charge on any atom is -0.454 e. The summed E-state index contributed by atoms with van der Waals surface area (Å²) in [7, 11) is 0. The quantitative estimate of drug-likeness (QED) is 0.751. The number of rotatable bonds is 6. The first-order valence-corrected chi connectivity index (χ1v) is 7.41. The average molecular weight is 308 g/mol. The molecule has 0 aliphatic heterocycles. The van der Waals surface area contributed by atoms with Crippen LogP contribution in [0.4, 0.5) is 4.39 Å². The van der Waals surface area contributed by atoms with Crippen molar-refractivity contribution in [3.8, 4) is 11.5 Å². The largest absolute Gasteiger partial charge is 0.454 e. The molecule has 0 aliphatic carbocycles. The highest BCUT2D eigenvalue weighted by molar-refractivity contribution is 6.30. The summed E-state index contributed by atoms with van der Waals surface area (Å²) >= 11 is 5.78. The molecule has 2 aromatic carbocycles. The van der Waals surface area contributed by atoms with Crippen LogP contribution in [0.3, 0.4) is 0 Å². The molecule has 1 N–H and O–H groups in total. The Labute approximate surface area is 129 Å². The average Bonchev–Trinajstić information content (AvgIpc) is 2.46. The van der Waals surface area contributed by atoms with Crippen molar-refractivity contribution in [3.63, 3.8) is 0 Å². The third-order valence-corrected chi connectivity index (χ3v) is 3.39. The van der Waals surface area contributed by atoms with Crippen LogP contribution in [0.1, 0.15) is 24.5 Å². The van der Waals surface area contributed by atoms with Gasteiger partial charge in [-0.3, -0.25) is 0 Å². The third-order valence-electron chi connectivity index (χ3n) is 3.09. The number of hydrogen-bond donors (Lipinski definition) is 1. The van der Waals surface area contributed by atoms with Crippen molar-refractivity contribution in [3.05, 3.63) is 58.4 Å². The van der Waals surface area contributed by atoms with E-state index in [1.807, 2.05) is 25.1 Å². The minimum absolute atomic E-state index is 0.0604. The molecule has 0 unspecified atom stereocenters. The van der Waals surface area contributed by atoms with Gasteiger partial charge in [0.15, 0.2) is 11.6 Å². The highest BCUT2D eigenvalue weighted by Crippen LogP contribution is 2.31. The summed E-state index contributed by atoms with van der Waals surface area (Å²) in [4.78, 5) is 0. The van der Waals surface area contributed by atoms with E-state index in [4.69, 9.17) is 16.3 Å². The van der Waals surface area contributed by atoms with Crippen LogP contribution >= 0.6 is 11.6 Å². The van der Waals surface area contributed by atoms with Crippen molar-refractivity contribution < 1.29 is 9.13 Å². The molecule has 0 aliphatic rings. The Kier molecular flexibility index (Phi) is 5.59. The van der Waals surface area contributed by atoms with Gasteiger partial charge in [-0.1, -0.05) is 42.3 Å². The highest BCUT2D eigenvalue weighted by atomic mass is 35.5. The molecular weight excluding hydrogens is 289 g/mol. The van der Waals surface area contributed by atoms with Gasteiger partial charge in [0.25, 0.3) is 0 Å². The summed E-state index contributed by atoms with van der Waals surface area (Å²) in [5.74, 6) is 0.251. The molecule has 0 aromatic heterocycles. The van der Waals surface area contributed by atoms with E-state index in [-0.39, 0.29) is 10.8 Å². The summed E-state index contributed by atoms with van der Waals surface area (Å²) in [5.41, 5.74) is 2.14. The molecule has 0 saturated carbocycles. The molecular formula is C17H19ClFNO. The molecule has 0 atom stereocenters. The predicted octanol–water partition coefficient (Wildman–Crippen LogP) is 5.08.